The van der Waals surface area contributed by atoms with Crippen molar-refractivity contribution < 1.29 is 9.53 Å². The van der Waals surface area contributed by atoms with Crippen LogP contribution in [0, 0.1) is 12.0 Å². The van der Waals surface area contributed by atoms with E-state index in [0.717, 1.165) is 5.56 Å². The maximum atomic E-state index is 11.1. The van der Waals surface area contributed by atoms with Gasteiger partial charge in [0.1, 0.15) is 6.61 Å². The van der Waals surface area contributed by atoms with Gasteiger partial charge in [-0.1, -0.05) is 43.2 Å². The van der Waals surface area contributed by atoms with Crippen molar-refractivity contribution in [2.75, 3.05) is 0 Å². The predicted molar refractivity (Wildman–Crippen MR) is 57.8 cm³/mol. The Morgan fingerprint density at radius 2 is 2.13 bits per heavy atom. The lowest BCUT2D eigenvalue weighted by molar-refractivity contribution is 0.144. The first-order chi connectivity index (χ1) is 7.33. The van der Waals surface area contributed by atoms with Crippen molar-refractivity contribution in [3.63, 3.8) is 0 Å². The van der Waals surface area contributed by atoms with Crippen LogP contribution in [0.25, 0.3) is 0 Å². The standard InChI is InChI=1S/C12H13NO2/c1-2-3-9-13-12(14)15-10-11-7-5-4-6-8-11/h4-8H,2,10H2,1H3,(H,13,14). The lowest BCUT2D eigenvalue weighted by atomic mass is 10.2. The summed E-state index contributed by atoms with van der Waals surface area (Å²) >= 11 is 0. The van der Waals surface area contributed by atoms with Crippen LogP contribution in [0.4, 0.5) is 4.79 Å². The molecule has 1 rings (SSSR count). The molecule has 0 atom stereocenters. The summed E-state index contributed by atoms with van der Waals surface area (Å²) in [5, 5.41) is 2.33. The van der Waals surface area contributed by atoms with Crippen LogP contribution in [0.3, 0.4) is 0 Å². The van der Waals surface area contributed by atoms with E-state index in [0.29, 0.717) is 6.42 Å². The number of rotatable bonds is 2. The second kappa shape index (κ2) is 6.50. The fourth-order valence-electron chi connectivity index (χ4n) is 0.943. The van der Waals surface area contributed by atoms with E-state index < -0.39 is 6.09 Å². The average molecular weight is 203 g/mol. The Morgan fingerprint density at radius 3 is 2.80 bits per heavy atom. The topological polar surface area (TPSA) is 38.3 Å². The molecule has 0 radical (unpaired) electrons. The summed E-state index contributed by atoms with van der Waals surface area (Å²) in [6.45, 7) is 2.17. The largest absolute Gasteiger partial charge is 0.444 e. The molecule has 1 amide bonds. The molecule has 0 aliphatic carbocycles. The molecule has 3 heteroatoms. The minimum absolute atomic E-state index is 0.264. The highest BCUT2D eigenvalue weighted by Crippen LogP contribution is 1.99. The molecule has 0 aliphatic rings. The van der Waals surface area contributed by atoms with E-state index in [4.69, 9.17) is 4.74 Å². The van der Waals surface area contributed by atoms with Crippen molar-refractivity contribution >= 4 is 6.09 Å². The molecular formula is C12H13NO2. The molecule has 1 N–H and O–H groups in total. The van der Waals surface area contributed by atoms with Gasteiger partial charge >= 0.3 is 6.09 Å². The third kappa shape index (κ3) is 4.72. The molecule has 0 unspecified atom stereocenters. The molecular weight excluding hydrogens is 190 g/mol. The van der Waals surface area contributed by atoms with Gasteiger partial charge in [-0.15, -0.1) is 0 Å². The summed E-state index contributed by atoms with van der Waals surface area (Å²) in [6.07, 6.45) is 0.193. The lowest BCUT2D eigenvalue weighted by Crippen LogP contribution is -2.18. The Bertz CT molecular complexity index is 362. The second-order valence-electron chi connectivity index (χ2n) is 2.84. The van der Waals surface area contributed by atoms with Gasteiger partial charge < -0.3 is 4.74 Å². The van der Waals surface area contributed by atoms with Crippen LogP contribution in [0.15, 0.2) is 30.3 Å². The van der Waals surface area contributed by atoms with E-state index in [1.165, 1.54) is 0 Å². The summed E-state index contributed by atoms with van der Waals surface area (Å²) in [6, 6.07) is 12.0. The lowest BCUT2D eigenvalue weighted by Gasteiger charge is -2.02. The van der Waals surface area contributed by atoms with E-state index in [9.17, 15) is 4.79 Å². The number of benzene rings is 1. The monoisotopic (exact) mass is 203 g/mol. The molecule has 0 saturated carbocycles. The number of carbonyl (C=O) groups excluding carboxylic acids is 1. The van der Waals surface area contributed by atoms with Crippen LogP contribution in [0.5, 0.6) is 0 Å². The van der Waals surface area contributed by atoms with Crippen LogP contribution in [-0.2, 0) is 11.3 Å². The summed E-state index contributed by atoms with van der Waals surface area (Å²) < 4.78 is 4.92. The molecule has 0 bridgehead atoms. The van der Waals surface area contributed by atoms with Crippen molar-refractivity contribution in [3.05, 3.63) is 35.9 Å². The fraction of sp³-hybridized carbons (Fsp3) is 0.250. The second-order valence-corrected chi connectivity index (χ2v) is 2.84. The highest BCUT2D eigenvalue weighted by molar-refractivity contribution is 5.69. The fourth-order valence-corrected chi connectivity index (χ4v) is 0.943. The number of nitrogens with one attached hydrogen (secondary N) is 1. The first-order valence-corrected chi connectivity index (χ1v) is 4.77. The Kier molecular flexibility index (Phi) is 4.82. The van der Waals surface area contributed by atoms with Gasteiger partial charge in [-0.05, 0) is 5.56 Å². The molecule has 0 heterocycles. The normalized spacial score (nSPS) is 8.60. The zero-order valence-corrected chi connectivity index (χ0v) is 8.62. The minimum atomic E-state index is -0.514. The van der Waals surface area contributed by atoms with Crippen molar-refractivity contribution in [2.24, 2.45) is 0 Å². The highest BCUT2D eigenvalue weighted by Gasteiger charge is 1.98. The molecule has 0 aliphatic heterocycles. The SMILES string of the molecule is CCC#CNC(=O)OCc1ccccc1. The molecule has 15 heavy (non-hydrogen) atoms. The third-order valence-corrected chi connectivity index (χ3v) is 1.64. The first-order valence-electron chi connectivity index (χ1n) is 4.77. The molecule has 0 aromatic heterocycles. The maximum Gasteiger partial charge on any atom is 0.419 e. The first kappa shape index (κ1) is 11.1. The van der Waals surface area contributed by atoms with Gasteiger partial charge in [0.15, 0.2) is 0 Å². The van der Waals surface area contributed by atoms with E-state index in [1.54, 1.807) is 0 Å². The van der Waals surface area contributed by atoms with Gasteiger partial charge in [-0.25, -0.2) is 10.1 Å². The average Bonchev–Trinajstić information content (AvgIpc) is 2.28. The van der Waals surface area contributed by atoms with Crippen LogP contribution >= 0.6 is 0 Å². The maximum absolute atomic E-state index is 11.1. The Balaban J connectivity index is 2.29. The number of hydrogen-bond donors (Lipinski definition) is 1. The van der Waals surface area contributed by atoms with Crippen LogP contribution in [0.2, 0.25) is 0 Å². The number of hydrogen-bond acceptors (Lipinski definition) is 2. The van der Waals surface area contributed by atoms with Crippen LogP contribution in [-0.4, -0.2) is 6.09 Å². The number of amides is 1. The minimum Gasteiger partial charge on any atom is -0.444 e. The third-order valence-electron chi connectivity index (χ3n) is 1.64. The number of ether oxygens (including phenoxy) is 1. The predicted octanol–water partition coefficient (Wildman–Crippen LogP) is 2.28. The van der Waals surface area contributed by atoms with Crippen LogP contribution in [0.1, 0.15) is 18.9 Å². The highest BCUT2D eigenvalue weighted by atomic mass is 16.5. The van der Waals surface area contributed by atoms with Gasteiger partial charge in [0, 0.05) is 12.5 Å². The van der Waals surface area contributed by atoms with Crippen LogP contribution < -0.4 is 5.32 Å². The van der Waals surface area contributed by atoms with Crippen molar-refractivity contribution in [3.8, 4) is 12.0 Å². The molecule has 78 valence electrons. The number of carbonyl (C=O) groups is 1. The quantitative estimate of drug-likeness (QED) is 0.591. The smallest absolute Gasteiger partial charge is 0.419 e. The van der Waals surface area contributed by atoms with E-state index >= 15 is 0 Å². The van der Waals surface area contributed by atoms with Gasteiger partial charge in [0.2, 0.25) is 0 Å². The summed E-state index contributed by atoms with van der Waals surface area (Å²) in [7, 11) is 0. The Hall–Kier alpha value is -1.95. The Morgan fingerprint density at radius 1 is 1.40 bits per heavy atom. The van der Waals surface area contributed by atoms with E-state index in [-0.39, 0.29) is 6.61 Å². The molecule has 0 spiro atoms. The van der Waals surface area contributed by atoms with Crippen molar-refractivity contribution in [1.29, 1.82) is 0 Å². The van der Waals surface area contributed by atoms with Gasteiger partial charge in [0.25, 0.3) is 0 Å². The molecule has 0 saturated heterocycles. The number of alkyl carbamates (subject to hydrolysis) is 1. The van der Waals surface area contributed by atoms with Crippen molar-refractivity contribution in [2.45, 2.75) is 20.0 Å². The van der Waals surface area contributed by atoms with E-state index in [2.05, 4.69) is 17.3 Å². The van der Waals surface area contributed by atoms with Crippen molar-refractivity contribution in [1.82, 2.24) is 5.32 Å². The molecule has 1 aromatic carbocycles. The summed E-state index contributed by atoms with van der Waals surface area (Å²) in [5.41, 5.74) is 0.955. The summed E-state index contributed by atoms with van der Waals surface area (Å²) in [5.74, 6) is 2.72. The van der Waals surface area contributed by atoms with Gasteiger partial charge in [-0.2, -0.15) is 0 Å². The van der Waals surface area contributed by atoms with E-state index in [1.807, 2.05) is 37.3 Å². The molecule has 3 nitrogen and oxygen atoms in total. The summed E-state index contributed by atoms with van der Waals surface area (Å²) in [4.78, 5) is 11.1. The zero-order valence-electron chi connectivity index (χ0n) is 8.62. The molecule has 1 aromatic rings. The van der Waals surface area contributed by atoms with Gasteiger partial charge in [0.05, 0.1) is 0 Å². The van der Waals surface area contributed by atoms with Gasteiger partial charge in [-0.3, -0.25) is 0 Å². The zero-order chi connectivity index (χ0) is 10.9. The molecule has 0 fully saturated rings. The Labute approximate surface area is 89.4 Å².